The minimum absolute atomic E-state index is 0.515. The van der Waals surface area contributed by atoms with Crippen LogP contribution in [-0.4, -0.2) is 42.0 Å². The Bertz CT molecular complexity index is 658. The standard InChI is InChI=1S/C18H20N2O2S/c1-20(2)15-11-9-14(10-12-15)7-5-3-4-6-8-17-19-16(13-23-17)18(21)22/h3-12,16H,13H2,1-2H3,(H,21,22)/b4-3+,7-5+,8-6+/t16-/m1/s1. The van der Waals surface area contributed by atoms with E-state index in [0.717, 1.165) is 10.6 Å². The van der Waals surface area contributed by atoms with Crippen LogP contribution in [0.25, 0.3) is 6.08 Å². The number of thioether (sulfide) groups is 1. The lowest BCUT2D eigenvalue weighted by Gasteiger charge is -2.11. The van der Waals surface area contributed by atoms with Crippen molar-refractivity contribution in [1.29, 1.82) is 0 Å². The molecule has 0 saturated carbocycles. The SMILES string of the molecule is CN(C)c1ccc(/C=C/C=C/C=C/C2=N[C@@H](C(=O)O)CS2)cc1. The van der Waals surface area contributed by atoms with Gasteiger partial charge in [0.05, 0.1) is 5.04 Å². The molecule has 2 rings (SSSR count). The summed E-state index contributed by atoms with van der Waals surface area (Å²) in [4.78, 5) is 17.0. The summed E-state index contributed by atoms with van der Waals surface area (Å²) in [5, 5.41) is 9.63. The van der Waals surface area contributed by atoms with Gasteiger partial charge < -0.3 is 10.0 Å². The molecule has 0 fully saturated rings. The van der Waals surface area contributed by atoms with E-state index in [1.807, 2.05) is 50.6 Å². The quantitative estimate of drug-likeness (QED) is 0.812. The van der Waals surface area contributed by atoms with Crippen LogP contribution < -0.4 is 4.90 Å². The highest BCUT2D eigenvalue weighted by atomic mass is 32.2. The molecule has 1 aliphatic heterocycles. The summed E-state index contributed by atoms with van der Waals surface area (Å²) in [6, 6.07) is 7.71. The second-order valence-corrected chi connectivity index (χ2v) is 6.26. The van der Waals surface area contributed by atoms with Gasteiger partial charge >= 0.3 is 5.97 Å². The smallest absolute Gasteiger partial charge is 0.329 e. The van der Waals surface area contributed by atoms with Crippen molar-refractivity contribution in [3.63, 3.8) is 0 Å². The minimum Gasteiger partial charge on any atom is -0.480 e. The van der Waals surface area contributed by atoms with Crippen molar-refractivity contribution in [2.45, 2.75) is 6.04 Å². The number of aliphatic imine (C=N–C) groups is 1. The van der Waals surface area contributed by atoms with Gasteiger partial charge in [0, 0.05) is 25.5 Å². The number of hydrogen-bond donors (Lipinski definition) is 1. The molecule has 1 atom stereocenters. The van der Waals surface area contributed by atoms with Crippen LogP contribution in [0.5, 0.6) is 0 Å². The fraction of sp³-hybridized carbons (Fsp3) is 0.222. The van der Waals surface area contributed by atoms with Gasteiger partial charge in [0.1, 0.15) is 0 Å². The van der Waals surface area contributed by atoms with Gasteiger partial charge in [-0.1, -0.05) is 42.5 Å². The zero-order chi connectivity index (χ0) is 16.7. The second-order valence-electron chi connectivity index (χ2n) is 5.22. The molecule has 1 heterocycles. The number of anilines is 1. The molecule has 0 bridgehead atoms. The number of carboxylic acids is 1. The molecule has 1 aromatic carbocycles. The van der Waals surface area contributed by atoms with Crippen LogP contribution in [0.4, 0.5) is 5.69 Å². The molecule has 0 amide bonds. The van der Waals surface area contributed by atoms with E-state index in [0.29, 0.717) is 5.75 Å². The first-order chi connectivity index (χ1) is 11.1. The third kappa shape index (κ3) is 5.45. The van der Waals surface area contributed by atoms with E-state index < -0.39 is 12.0 Å². The average molecular weight is 328 g/mol. The highest BCUT2D eigenvalue weighted by Crippen LogP contribution is 2.19. The van der Waals surface area contributed by atoms with E-state index in [9.17, 15) is 4.79 Å². The number of aliphatic carboxylic acids is 1. The van der Waals surface area contributed by atoms with Crippen LogP contribution in [0, 0.1) is 0 Å². The maximum Gasteiger partial charge on any atom is 0.329 e. The van der Waals surface area contributed by atoms with E-state index in [1.54, 1.807) is 0 Å². The molecule has 120 valence electrons. The van der Waals surface area contributed by atoms with Crippen LogP contribution in [0.15, 0.2) is 59.6 Å². The number of carboxylic acid groups (broad SMARTS) is 1. The van der Waals surface area contributed by atoms with Crippen molar-refractivity contribution in [2.75, 3.05) is 24.7 Å². The summed E-state index contributed by atoms with van der Waals surface area (Å²) in [7, 11) is 4.04. The maximum atomic E-state index is 10.8. The summed E-state index contributed by atoms with van der Waals surface area (Å²) >= 11 is 1.47. The van der Waals surface area contributed by atoms with E-state index >= 15 is 0 Å². The predicted molar refractivity (Wildman–Crippen MR) is 99.4 cm³/mol. The number of carbonyl (C=O) groups is 1. The van der Waals surface area contributed by atoms with Gasteiger partial charge in [-0.3, -0.25) is 4.99 Å². The minimum atomic E-state index is -0.861. The van der Waals surface area contributed by atoms with Crippen molar-refractivity contribution in [3.05, 3.63) is 60.2 Å². The van der Waals surface area contributed by atoms with Crippen LogP contribution >= 0.6 is 11.8 Å². The van der Waals surface area contributed by atoms with Crippen LogP contribution in [0.1, 0.15) is 5.56 Å². The average Bonchev–Trinajstić information content (AvgIpc) is 3.00. The molecular weight excluding hydrogens is 308 g/mol. The second kappa shape index (κ2) is 8.39. The van der Waals surface area contributed by atoms with Crippen LogP contribution in [0.2, 0.25) is 0 Å². The molecule has 0 unspecified atom stereocenters. The number of nitrogens with zero attached hydrogens (tertiary/aromatic N) is 2. The molecule has 0 saturated heterocycles. The predicted octanol–water partition coefficient (Wildman–Crippen LogP) is 3.48. The maximum absolute atomic E-state index is 10.8. The molecule has 1 N–H and O–H groups in total. The van der Waals surface area contributed by atoms with Gasteiger partial charge in [0.15, 0.2) is 6.04 Å². The fourth-order valence-electron chi connectivity index (χ4n) is 1.93. The zero-order valence-electron chi connectivity index (χ0n) is 13.2. The summed E-state index contributed by atoms with van der Waals surface area (Å²) in [6.45, 7) is 0. The first-order valence-electron chi connectivity index (χ1n) is 7.28. The van der Waals surface area contributed by atoms with Crippen molar-refractivity contribution in [3.8, 4) is 0 Å². The molecule has 5 heteroatoms. The number of benzene rings is 1. The van der Waals surface area contributed by atoms with Crippen molar-refractivity contribution in [2.24, 2.45) is 4.99 Å². The largest absolute Gasteiger partial charge is 0.480 e. The van der Waals surface area contributed by atoms with Crippen LogP contribution in [0.3, 0.4) is 0 Å². The molecule has 0 spiro atoms. The van der Waals surface area contributed by atoms with Crippen molar-refractivity contribution < 1.29 is 9.90 Å². The van der Waals surface area contributed by atoms with E-state index in [1.165, 1.54) is 17.4 Å². The summed E-state index contributed by atoms with van der Waals surface area (Å²) in [5.41, 5.74) is 2.32. The summed E-state index contributed by atoms with van der Waals surface area (Å²) in [6.07, 6.45) is 11.6. The van der Waals surface area contributed by atoms with Crippen molar-refractivity contribution >= 4 is 34.5 Å². The molecule has 1 aromatic rings. The highest BCUT2D eigenvalue weighted by Gasteiger charge is 2.22. The Hall–Kier alpha value is -2.27. The monoisotopic (exact) mass is 328 g/mol. The van der Waals surface area contributed by atoms with Crippen LogP contribution in [-0.2, 0) is 4.79 Å². The van der Waals surface area contributed by atoms with E-state index in [4.69, 9.17) is 5.11 Å². The molecule has 0 aliphatic carbocycles. The Balaban J connectivity index is 1.83. The van der Waals surface area contributed by atoms with Crippen molar-refractivity contribution in [1.82, 2.24) is 0 Å². The van der Waals surface area contributed by atoms with E-state index in [2.05, 4.69) is 34.2 Å². The number of allylic oxidation sites excluding steroid dienone is 4. The first-order valence-corrected chi connectivity index (χ1v) is 8.27. The lowest BCUT2D eigenvalue weighted by Crippen LogP contribution is -2.16. The molecular formula is C18H20N2O2S. The molecule has 0 aromatic heterocycles. The summed E-state index contributed by atoms with van der Waals surface area (Å²) < 4.78 is 0. The molecule has 23 heavy (non-hydrogen) atoms. The Morgan fingerprint density at radius 1 is 1.17 bits per heavy atom. The summed E-state index contributed by atoms with van der Waals surface area (Å²) in [5.74, 6) is -0.346. The Morgan fingerprint density at radius 3 is 2.39 bits per heavy atom. The van der Waals surface area contributed by atoms with Gasteiger partial charge in [-0.05, 0) is 23.8 Å². The van der Waals surface area contributed by atoms with Gasteiger partial charge in [-0.2, -0.15) is 0 Å². The Labute approximate surface area is 140 Å². The third-order valence-electron chi connectivity index (χ3n) is 3.23. The number of hydrogen-bond acceptors (Lipinski definition) is 4. The third-order valence-corrected chi connectivity index (χ3v) is 4.25. The normalized spacial score (nSPS) is 18.2. The zero-order valence-corrected chi connectivity index (χ0v) is 14.0. The van der Waals surface area contributed by atoms with Gasteiger partial charge in [0.25, 0.3) is 0 Å². The topological polar surface area (TPSA) is 52.9 Å². The Morgan fingerprint density at radius 2 is 1.83 bits per heavy atom. The molecule has 1 aliphatic rings. The van der Waals surface area contributed by atoms with Gasteiger partial charge in [0.2, 0.25) is 0 Å². The highest BCUT2D eigenvalue weighted by molar-refractivity contribution is 8.14. The Kier molecular flexibility index (Phi) is 6.23. The first kappa shape index (κ1) is 17.1. The lowest BCUT2D eigenvalue weighted by atomic mass is 10.2. The lowest BCUT2D eigenvalue weighted by molar-refractivity contribution is -0.137. The molecule has 0 radical (unpaired) electrons. The van der Waals surface area contributed by atoms with Gasteiger partial charge in [-0.25, -0.2) is 4.79 Å². The van der Waals surface area contributed by atoms with Gasteiger partial charge in [-0.15, -0.1) is 11.8 Å². The molecule has 4 nitrogen and oxygen atoms in total. The fourth-order valence-corrected chi connectivity index (χ4v) is 2.85. The van der Waals surface area contributed by atoms with E-state index in [-0.39, 0.29) is 0 Å². The number of rotatable bonds is 6.